The van der Waals surface area contributed by atoms with Gasteiger partial charge >= 0.3 is 6.03 Å². The number of anilines is 1. The number of aromatic nitrogens is 3. The van der Waals surface area contributed by atoms with Crippen LogP contribution in [0.25, 0.3) is 11.5 Å². The number of nitrogens with one attached hydrogen (secondary N) is 1. The first-order valence-electron chi connectivity index (χ1n) is 12.8. The molecule has 0 saturated heterocycles. The van der Waals surface area contributed by atoms with Crippen LogP contribution < -0.4 is 5.32 Å². The van der Waals surface area contributed by atoms with Gasteiger partial charge in [0, 0.05) is 11.8 Å². The van der Waals surface area contributed by atoms with E-state index in [1.807, 2.05) is 58.1 Å². The molecular formula is C31H28ClN5O. The van der Waals surface area contributed by atoms with Crippen LogP contribution in [0.3, 0.4) is 0 Å². The fourth-order valence-corrected chi connectivity index (χ4v) is 5.47. The highest BCUT2D eigenvalue weighted by Gasteiger charge is 2.36. The number of carbonyl (C=O) groups excluding carboxylic acids is 1. The first kappa shape index (κ1) is 24.1. The molecule has 7 heteroatoms. The van der Waals surface area contributed by atoms with Crippen LogP contribution in [0.15, 0.2) is 97.2 Å². The maximum absolute atomic E-state index is 14.1. The molecule has 3 heterocycles. The minimum absolute atomic E-state index is 0.222. The van der Waals surface area contributed by atoms with E-state index in [0.717, 1.165) is 46.0 Å². The monoisotopic (exact) mass is 521 g/mol. The van der Waals surface area contributed by atoms with Crippen LogP contribution in [0.2, 0.25) is 5.02 Å². The fourth-order valence-electron chi connectivity index (χ4n) is 5.29. The van der Waals surface area contributed by atoms with Gasteiger partial charge in [-0.15, -0.1) is 0 Å². The normalized spacial score (nSPS) is 14.5. The Bertz CT molecular complexity index is 1620. The number of halogens is 1. The molecule has 0 spiro atoms. The summed E-state index contributed by atoms with van der Waals surface area (Å²) in [7, 11) is 0. The molecule has 0 bridgehead atoms. The maximum Gasteiger partial charge on any atom is 0.323 e. The average molecular weight is 522 g/mol. The first-order valence-corrected chi connectivity index (χ1v) is 13.2. The van der Waals surface area contributed by atoms with Crippen molar-refractivity contribution in [2.75, 3.05) is 5.32 Å². The summed E-state index contributed by atoms with van der Waals surface area (Å²) >= 11 is 6.43. The van der Waals surface area contributed by atoms with Crippen molar-refractivity contribution in [1.29, 1.82) is 0 Å². The molecule has 1 N–H and O–H groups in total. The van der Waals surface area contributed by atoms with Crippen LogP contribution in [-0.4, -0.2) is 25.3 Å². The highest BCUT2D eigenvalue weighted by molar-refractivity contribution is 6.33. The van der Waals surface area contributed by atoms with Gasteiger partial charge in [-0.2, -0.15) is 5.10 Å². The minimum Gasteiger partial charge on any atom is -0.307 e. The fraction of sp³-hybridized carbons (Fsp3) is 0.161. The maximum atomic E-state index is 14.1. The van der Waals surface area contributed by atoms with Crippen molar-refractivity contribution >= 4 is 23.3 Å². The molecule has 190 valence electrons. The van der Waals surface area contributed by atoms with E-state index in [1.165, 1.54) is 0 Å². The molecule has 38 heavy (non-hydrogen) atoms. The molecule has 0 radical (unpaired) electrons. The van der Waals surface area contributed by atoms with Gasteiger partial charge in [-0.05, 0) is 55.3 Å². The molecule has 3 aromatic carbocycles. The molecule has 0 saturated carbocycles. The van der Waals surface area contributed by atoms with Crippen molar-refractivity contribution in [2.45, 2.75) is 32.9 Å². The Morgan fingerprint density at radius 3 is 2.55 bits per heavy atom. The summed E-state index contributed by atoms with van der Waals surface area (Å²) in [5.41, 5.74) is 6.72. The quantitative estimate of drug-likeness (QED) is 0.269. The second-order valence-corrected chi connectivity index (χ2v) is 9.91. The summed E-state index contributed by atoms with van der Waals surface area (Å²) in [5, 5.41) is 8.59. The van der Waals surface area contributed by atoms with E-state index in [1.54, 1.807) is 6.07 Å². The predicted molar refractivity (Wildman–Crippen MR) is 151 cm³/mol. The van der Waals surface area contributed by atoms with Gasteiger partial charge in [-0.3, -0.25) is 0 Å². The van der Waals surface area contributed by atoms with Gasteiger partial charge in [0.05, 0.1) is 40.4 Å². The van der Waals surface area contributed by atoms with Crippen LogP contribution in [0, 0.1) is 6.92 Å². The van der Waals surface area contributed by atoms with E-state index >= 15 is 0 Å². The Morgan fingerprint density at radius 2 is 1.79 bits per heavy atom. The summed E-state index contributed by atoms with van der Waals surface area (Å²) in [5.74, 6) is 0.957. The van der Waals surface area contributed by atoms with E-state index in [-0.39, 0.29) is 12.1 Å². The Morgan fingerprint density at radius 1 is 1.00 bits per heavy atom. The number of hydrogen-bond acceptors (Lipinski definition) is 2. The molecule has 2 amide bonds. The summed E-state index contributed by atoms with van der Waals surface area (Å²) in [6.07, 6.45) is 2.81. The Kier molecular flexibility index (Phi) is 6.26. The van der Waals surface area contributed by atoms with Gasteiger partial charge in [0.15, 0.2) is 0 Å². The van der Waals surface area contributed by atoms with Gasteiger partial charge in [-0.1, -0.05) is 78.7 Å². The lowest BCUT2D eigenvalue weighted by atomic mass is 10.00. The number of urea groups is 1. The molecule has 0 unspecified atom stereocenters. The number of para-hydroxylation sites is 2. The Hall–Kier alpha value is -4.29. The van der Waals surface area contributed by atoms with E-state index in [2.05, 4.69) is 66.3 Å². The van der Waals surface area contributed by atoms with Crippen LogP contribution in [0.4, 0.5) is 10.5 Å². The third-order valence-electron chi connectivity index (χ3n) is 7.04. The van der Waals surface area contributed by atoms with Gasteiger partial charge in [0.25, 0.3) is 0 Å². The van der Waals surface area contributed by atoms with Crippen molar-refractivity contribution in [3.63, 3.8) is 0 Å². The number of carbonyl (C=O) groups is 1. The zero-order valence-corrected chi connectivity index (χ0v) is 22.1. The molecule has 6 nitrogen and oxygen atoms in total. The minimum atomic E-state index is -0.325. The molecule has 1 atom stereocenters. The third kappa shape index (κ3) is 4.17. The lowest BCUT2D eigenvalue weighted by molar-refractivity contribution is 0.194. The average Bonchev–Trinajstić information content (AvgIpc) is 3.51. The second-order valence-electron chi connectivity index (χ2n) is 9.51. The molecule has 5 aromatic rings. The summed E-state index contributed by atoms with van der Waals surface area (Å²) in [6, 6.07) is 29.4. The van der Waals surface area contributed by atoms with Crippen LogP contribution in [-0.2, 0) is 13.0 Å². The Labute approximate surface area is 227 Å². The van der Waals surface area contributed by atoms with Crippen molar-refractivity contribution in [1.82, 2.24) is 19.2 Å². The van der Waals surface area contributed by atoms with Crippen molar-refractivity contribution in [2.24, 2.45) is 0 Å². The van der Waals surface area contributed by atoms with Gasteiger partial charge in [0.1, 0.15) is 5.82 Å². The summed E-state index contributed by atoms with van der Waals surface area (Å²) in [4.78, 5) is 16.0. The third-order valence-corrected chi connectivity index (χ3v) is 7.37. The summed E-state index contributed by atoms with van der Waals surface area (Å²) < 4.78 is 4.19. The lowest BCUT2D eigenvalue weighted by Gasteiger charge is -2.31. The van der Waals surface area contributed by atoms with E-state index in [0.29, 0.717) is 17.3 Å². The van der Waals surface area contributed by atoms with E-state index in [9.17, 15) is 4.79 Å². The number of hydrogen-bond donors (Lipinski definition) is 1. The molecule has 2 aromatic heterocycles. The number of amides is 2. The largest absolute Gasteiger partial charge is 0.323 e. The number of nitrogens with zero attached hydrogens (tertiary/aromatic N) is 4. The molecule has 0 fully saturated rings. The van der Waals surface area contributed by atoms with Crippen molar-refractivity contribution in [3.05, 3.63) is 130 Å². The van der Waals surface area contributed by atoms with E-state index < -0.39 is 0 Å². The lowest BCUT2D eigenvalue weighted by Crippen LogP contribution is -2.38. The molecule has 0 aliphatic carbocycles. The number of benzene rings is 3. The van der Waals surface area contributed by atoms with E-state index in [4.69, 9.17) is 16.7 Å². The van der Waals surface area contributed by atoms with Crippen LogP contribution >= 0.6 is 11.6 Å². The van der Waals surface area contributed by atoms with Crippen LogP contribution in [0.5, 0.6) is 0 Å². The van der Waals surface area contributed by atoms with Gasteiger partial charge in [-0.25, -0.2) is 9.48 Å². The topological polar surface area (TPSA) is 55.1 Å². The zero-order chi connectivity index (χ0) is 26.2. The van der Waals surface area contributed by atoms with Gasteiger partial charge < -0.3 is 14.8 Å². The molecule has 1 aliphatic rings. The molecule has 6 rings (SSSR count). The number of fused-ring (bicyclic) bond motifs is 3. The van der Waals surface area contributed by atoms with Gasteiger partial charge in [0.2, 0.25) is 0 Å². The van der Waals surface area contributed by atoms with Crippen molar-refractivity contribution in [3.8, 4) is 11.5 Å². The Balaban J connectivity index is 1.57. The highest BCUT2D eigenvalue weighted by atomic mass is 35.5. The van der Waals surface area contributed by atoms with Crippen LogP contribution in [0.1, 0.15) is 41.0 Å². The SMILES string of the molecule is CCc1nn(-c2ccccc2)c2c1CN(C(=O)Nc1ccccc1Cl)[C@H](c1cccc(C)c1)c1cccn1-2. The molecular weight excluding hydrogens is 494 g/mol. The first-order chi connectivity index (χ1) is 18.5. The second kappa shape index (κ2) is 9.88. The smallest absolute Gasteiger partial charge is 0.307 e. The highest BCUT2D eigenvalue weighted by Crippen LogP contribution is 2.39. The molecule has 1 aliphatic heterocycles. The van der Waals surface area contributed by atoms with Crippen molar-refractivity contribution < 1.29 is 4.79 Å². The predicted octanol–water partition coefficient (Wildman–Crippen LogP) is 7.32. The zero-order valence-electron chi connectivity index (χ0n) is 21.3. The number of aryl methyl sites for hydroxylation is 2. The number of rotatable bonds is 4. The summed E-state index contributed by atoms with van der Waals surface area (Å²) in [6.45, 7) is 4.57. The standard InChI is InChI=1S/C31H28ClN5O/c1-3-26-24-20-36(31(38)33-27-16-8-7-15-25(27)32)29(22-12-9-11-21(2)19-22)28-17-10-18-35(28)30(24)37(34-26)23-13-5-4-6-14-23/h4-19,29H,3,20H2,1-2H3,(H,33,38)/t29-/m1/s1.